The molecule has 0 unspecified atom stereocenters. The molecule has 1 aliphatic carbocycles. The molecule has 1 saturated carbocycles. The van der Waals surface area contributed by atoms with E-state index in [9.17, 15) is 13.2 Å². The molecule has 0 radical (unpaired) electrons. The minimum Gasteiger partial charge on any atom is -0.346 e. The molecule has 6 nitrogen and oxygen atoms in total. The van der Waals surface area contributed by atoms with Gasteiger partial charge in [0.15, 0.2) is 0 Å². The Hall–Kier alpha value is -2.38. The molecule has 1 amide bonds. The van der Waals surface area contributed by atoms with Crippen LogP contribution >= 0.6 is 0 Å². The number of aromatic nitrogens is 1. The number of nitrogens with one attached hydrogen (secondary N) is 1. The number of carbonyl (C=O) groups is 1. The third-order valence-corrected chi connectivity index (χ3v) is 7.38. The minimum atomic E-state index is -3.50. The maximum atomic E-state index is 12.5. The highest BCUT2D eigenvalue weighted by Gasteiger charge is 2.26. The number of carbonyl (C=O) groups excluding carboxylic acids is 1. The topological polar surface area (TPSA) is 71.4 Å². The van der Waals surface area contributed by atoms with E-state index in [0.717, 1.165) is 5.56 Å². The summed E-state index contributed by atoms with van der Waals surface area (Å²) >= 11 is 0. The lowest BCUT2D eigenvalue weighted by Crippen LogP contribution is -2.30. The van der Waals surface area contributed by atoms with E-state index in [2.05, 4.69) is 29.8 Å². The van der Waals surface area contributed by atoms with Crippen LogP contribution in [0.4, 0.5) is 5.69 Å². The Balaban J connectivity index is 1.67. The molecule has 0 atom stereocenters. The number of nitrogens with zero attached hydrogens (tertiary/aromatic N) is 2. The highest BCUT2D eigenvalue weighted by atomic mass is 32.2. The molecule has 0 aliphatic heterocycles. The minimum absolute atomic E-state index is 0.224. The number of aryl methyl sites for hydroxylation is 1. The SMILES string of the molecule is CCN(CC)S(=O)(=O)c1ccc(NC(=O)/C=C/c2cc(C)n(C3CC3)c2C)cc1. The van der Waals surface area contributed by atoms with Gasteiger partial charge in [-0.05, 0) is 68.7 Å². The van der Waals surface area contributed by atoms with Gasteiger partial charge in [0.1, 0.15) is 0 Å². The molecule has 1 aromatic carbocycles. The molecule has 1 heterocycles. The Kier molecular flexibility index (Phi) is 6.29. The van der Waals surface area contributed by atoms with Gasteiger partial charge < -0.3 is 9.88 Å². The number of sulfonamides is 1. The van der Waals surface area contributed by atoms with Gasteiger partial charge in [-0.3, -0.25) is 4.79 Å². The summed E-state index contributed by atoms with van der Waals surface area (Å²) in [6.07, 6.45) is 5.79. The summed E-state index contributed by atoms with van der Waals surface area (Å²) in [7, 11) is -3.50. The zero-order chi connectivity index (χ0) is 21.2. The van der Waals surface area contributed by atoms with Gasteiger partial charge in [-0.2, -0.15) is 4.31 Å². The van der Waals surface area contributed by atoms with Crippen LogP contribution in [0.15, 0.2) is 41.3 Å². The summed E-state index contributed by atoms with van der Waals surface area (Å²) in [5.74, 6) is -0.249. The third kappa shape index (κ3) is 4.62. The Morgan fingerprint density at radius 2 is 1.79 bits per heavy atom. The van der Waals surface area contributed by atoms with Crippen LogP contribution in [0.2, 0.25) is 0 Å². The monoisotopic (exact) mass is 415 g/mol. The van der Waals surface area contributed by atoms with Crippen LogP contribution < -0.4 is 5.32 Å². The molecule has 1 N–H and O–H groups in total. The summed E-state index contributed by atoms with van der Waals surface area (Å²) in [4.78, 5) is 12.5. The van der Waals surface area contributed by atoms with Gasteiger partial charge >= 0.3 is 0 Å². The molecule has 1 fully saturated rings. The molecule has 3 rings (SSSR count). The van der Waals surface area contributed by atoms with Gasteiger partial charge in [-0.1, -0.05) is 13.8 Å². The lowest BCUT2D eigenvalue weighted by atomic mass is 10.2. The smallest absolute Gasteiger partial charge is 0.248 e. The Morgan fingerprint density at radius 1 is 1.17 bits per heavy atom. The molecule has 0 saturated heterocycles. The molecule has 1 aromatic heterocycles. The Bertz CT molecular complexity index is 1010. The van der Waals surface area contributed by atoms with Crippen LogP contribution in [0.1, 0.15) is 49.7 Å². The summed E-state index contributed by atoms with van der Waals surface area (Å²) < 4.78 is 28.8. The van der Waals surface area contributed by atoms with Crippen molar-refractivity contribution in [1.82, 2.24) is 8.87 Å². The molecule has 7 heteroatoms. The molecular formula is C22H29N3O3S. The Morgan fingerprint density at radius 3 is 2.34 bits per heavy atom. The van der Waals surface area contributed by atoms with Crippen molar-refractivity contribution in [1.29, 1.82) is 0 Å². The zero-order valence-corrected chi connectivity index (χ0v) is 18.3. The van der Waals surface area contributed by atoms with Crippen molar-refractivity contribution in [2.24, 2.45) is 0 Å². The van der Waals surface area contributed by atoms with Gasteiger partial charge in [0.05, 0.1) is 4.90 Å². The van der Waals surface area contributed by atoms with Crippen LogP contribution in [0.25, 0.3) is 6.08 Å². The van der Waals surface area contributed by atoms with E-state index in [4.69, 9.17) is 0 Å². The van der Waals surface area contributed by atoms with Crippen molar-refractivity contribution in [3.63, 3.8) is 0 Å². The fraction of sp³-hybridized carbons (Fsp3) is 0.409. The molecule has 1 aliphatic rings. The predicted molar refractivity (Wildman–Crippen MR) is 116 cm³/mol. The fourth-order valence-electron chi connectivity index (χ4n) is 3.64. The van der Waals surface area contributed by atoms with Crippen molar-refractivity contribution in [3.8, 4) is 0 Å². The number of amides is 1. The highest BCUT2D eigenvalue weighted by Crippen LogP contribution is 2.38. The van der Waals surface area contributed by atoms with Gasteiger partial charge in [0.2, 0.25) is 15.9 Å². The molecular weight excluding hydrogens is 386 g/mol. The maximum Gasteiger partial charge on any atom is 0.248 e. The first-order valence-corrected chi connectivity index (χ1v) is 11.5. The average Bonchev–Trinajstić information content (AvgIpc) is 3.47. The van der Waals surface area contributed by atoms with Crippen LogP contribution in [-0.2, 0) is 14.8 Å². The predicted octanol–water partition coefficient (Wildman–Crippen LogP) is 4.12. The number of benzene rings is 1. The summed E-state index contributed by atoms with van der Waals surface area (Å²) in [5.41, 5.74) is 4.00. The number of rotatable bonds is 8. The van der Waals surface area contributed by atoms with Crippen molar-refractivity contribution in [2.75, 3.05) is 18.4 Å². The van der Waals surface area contributed by atoms with Crippen LogP contribution in [0.5, 0.6) is 0 Å². The van der Waals surface area contributed by atoms with E-state index >= 15 is 0 Å². The molecule has 156 valence electrons. The van der Waals surface area contributed by atoms with Gasteiger partial charge in [-0.15, -0.1) is 0 Å². The summed E-state index contributed by atoms with van der Waals surface area (Å²) in [5, 5.41) is 2.78. The molecule has 0 spiro atoms. The second-order valence-electron chi connectivity index (χ2n) is 7.36. The van der Waals surface area contributed by atoms with Crippen LogP contribution in [0.3, 0.4) is 0 Å². The molecule has 2 aromatic rings. The van der Waals surface area contributed by atoms with E-state index < -0.39 is 10.0 Å². The first-order valence-electron chi connectivity index (χ1n) is 10.1. The van der Waals surface area contributed by atoms with E-state index in [1.54, 1.807) is 12.1 Å². The lowest BCUT2D eigenvalue weighted by molar-refractivity contribution is -0.111. The molecule has 29 heavy (non-hydrogen) atoms. The zero-order valence-electron chi connectivity index (χ0n) is 17.5. The lowest BCUT2D eigenvalue weighted by Gasteiger charge is -2.18. The van der Waals surface area contributed by atoms with Crippen molar-refractivity contribution in [2.45, 2.75) is 51.5 Å². The number of anilines is 1. The van der Waals surface area contributed by atoms with Crippen molar-refractivity contribution >= 4 is 27.7 Å². The van der Waals surface area contributed by atoms with Crippen LogP contribution in [0, 0.1) is 13.8 Å². The fourth-order valence-corrected chi connectivity index (χ4v) is 5.10. The second-order valence-corrected chi connectivity index (χ2v) is 9.30. The largest absolute Gasteiger partial charge is 0.346 e. The van der Waals surface area contributed by atoms with Crippen molar-refractivity contribution in [3.05, 3.63) is 53.4 Å². The summed E-state index contributed by atoms with van der Waals surface area (Å²) in [6.45, 7) is 8.63. The highest BCUT2D eigenvalue weighted by molar-refractivity contribution is 7.89. The van der Waals surface area contributed by atoms with Gasteiger partial charge in [0, 0.05) is 42.3 Å². The van der Waals surface area contributed by atoms with E-state index in [1.807, 2.05) is 19.9 Å². The first-order chi connectivity index (χ1) is 13.8. The summed E-state index contributed by atoms with van der Waals surface area (Å²) in [6, 6.07) is 8.98. The number of hydrogen-bond donors (Lipinski definition) is 1. The molecule has 0 bridgehead atoms. The Labute approximate surface area is 173 Å². The van der Waals surface area contributed by atoms with Gasteiger partial charge in [-0.25, -0.2) is 8.42 Å². The second kappa shape index (κ2) is 8.55. The van der Waals surface area contributed by atoms with E-state index in [-0.39, 0.29) is 10.8 Å². The first kappa shape index (κ1) is 21.3. The average molecular weight is 416 g/mol. The third-order valence-electron chi connectivity index (χ3n) is 5.31. The van der Waals surface area contributed by atoms with E-state index in [1.165, 1.54) is 46.7 Å². The maximum absolute atomic E-state index is 12.5. The van der Waals surface area contributed by atoms with Crippen molar-refractivity contribution < 1.29 is 13.2 Å². The normalized spacial score (nSPS) is 14.7. The van der Waals surface area contributed by atoms with Crippen LogP contribution in [-0.4, -0.2) is 36.3 Å². The van der Waals surface area contributed by atoms with E-state index in [0.29, 0.717) is 24.8 Å². The standard InChI is InChI=1S/C22H29N3O3S/c1-5-24(6-2)29(27,28)21-12-8-19(9-13-21)23-22(26)14-7-18-15-16(3)25(17(18)4)20-10-11-20/h7-9,12-15,20H,5-6,10-11H2,1-4H3,(H,23,26)/b14-7+. The number of hydrogen-bond acceptors (Lipinski definition) is 3. The quantitative estimate of drug-likeness (QED) is 0.659. The van der Waals surface area contributed by atoms with Gasteiger partial charge in [0.25, 0.3) is 0 Å².